The molecule has 5 N–H and O–H groups in total. The number of nitrogens with one attached hydrogen (secondary N) is 3. The van der Waals surface area contributed by atoms with Crippen LogP contribution in [0.2, 0.25) is 10.0 Å². The highest BCUT2D eigenvalue weighted by atomic mass is 35.5. The first-order valence-electron chi connectivity index (χ1n) is 9.23. The third-order valence-electron chi connectivity index (χ3n) is 4.09. The van der Waals surface area contributed by atoms with Crippen LogP contribution in [0, 0.1) is 10.1 Å². The third kappa shape index (κ3) is 5.71. The summed E-state index contributed by atoms with van der Waals surface area (Å²) >= 11 is 12.3. The van der Waals surface area contributed by atoms with Crippen molar-refractivity contribution in [2.45, 2.75) is 6.92 Å². The minimum absolute atomic E-state index is 0.170. The second kappa shape index (κ2) is 10.1. The number of hydrogen-bond acceptors (Lipinski definition) is 9. The molecule has 13 heteroatoms. The lowest BCUT2D eigenvalue weighted by Crippen LogP contribution is -2.16. The molecule has 0 radical (unpaired) electrons. The number of nitro groups is 1. The summed E-state index contributed by atoms with van der Waals surface area (Å²) in [6.07, 6.45) is 1.47. The number of carbonyl (C=O) groups is 1. The molecule has 3 rings (SSSR count). The number of carbonyl (C=O) groups excluding carboxylic acids is 1. The number of rotatable bonds is 8. The highest BCUT2D eigenvalue weighted by Gasteiger charge is 2.15. The molecule has 0 spiro atoms. The Morgan fingerprint density at radius 2 is 1.84 bits per heavy atom. The Balaban J connectivity index is 1.71. The van der Waals surface area contributed by atoms with Crippen molar-refractivity contribution in [1.29, 1.82) is 0 Å². The van der Waals surface area contributed by atoms with Gasteiger partial charge in [0.2, 0.25) is 11.7 Å². The van der Waals surface area contributed by atoms with Crippen molar-refractivity contribution in [1.82, 2.24) is 15.0 Å². The number of pyridine rings is 1. The van der Waals surface area contributed by atoms with E-state index in [0.717, 1.165) is 0 Å². The maximum Gasteiger partial charge on any atom is 0.311 e. The van der Waals surface area contributed by atoms with E-state index in [2.05, 4.69) is 30.9 Å². The minimum atomic E-state index is -0.596. The first-order valence-corrected chi connectivity index (χ1v) is 9.99. The Hall–Kier alpha value is -3.70. The number of amides is 1. The molecular weight excluding hydrogens is 459 g/mol. The van der Waals surface area contributed by atoms with E-state index in [1.807, 2.05) is 0 Å². The van der Waals surface area contributed by atoms with Crippen LogP contribution in [0.3, 0.4) is 0 Å². The second-order valence-electron chi connectivity index (χ2n) is 6.47. The van der Waals surface area contributed by atoms with Gasteiger partial charge in [-0.1, -0.05) is 23.2 Å². The molecule has 2 aromatic heterocycles. The first-order chi connectivity index (χ1) is 15.2. The maximum absolute atomic E-state index is 11.5. The summed E-state index contributed by atoms with van der Waals surface area (Å²) in [4.78, 5) is 34.5. The average molecular weight is 477 g/mol. The van der Waals surface area contributed by atoms with Crippen LogP contribution in [0.5, 0.6) is 0 Å². The van der Waals surface area contributed by atoms with Crippen LogP contribution in [-0.4, -0.2) is 38.9 Å². The lowest BCUT2D eigenvalue weighted by atomic mass is 10.1. The number of nitrogen functional groups attached to an aromatic ring is 1. The number of anilines is 4. The van der Waals surface area contributed by atoms with Crippen LogP contribution in [0.25, 0.3) is 11.3 Å². The van der Waals surface area contributed by atoms with Crippen molar-refractivity contribution in [3.05, 3.63) is 56.7 Å². The predicted molar refractivity (Wildman–Crippen MR) is 124 cm³/mol. The van der Waals surface area contributed by atoms with E-state index in [9.17, 15) is 14.9 Å². The van der Waals surface area contributed by atoms with E-state index < -0.39 is 4.92 Å². The molecule has 2 heterocycles. The topological polar surface area (TPSA) is 161 Å². The summed E-state index contributed by atoms with van der Waals surface area (Å²) in [6, 6.07) is 7.68. The maximum atomic E-state index is 11.5. The van der Waals surface area contributed by atoms with E-state index >= 15 is 0 Å². The molecule has 3 aromatic rings. The van der Waals surface area contributed by atoms with Crippen LogP contribution in [-0.2, 0) is 4.79 Å². The van der Waals surface area contributed by atoms with Gasteiger partial charge >= 0.3 is 5.69 Å². The molecule has 32 heavy (non-hydrogen) atoms. The molecule has 0 aliphatic carbocycles. The van der Waals surface area contributed by atoms with Crippen molar-refractivity contribution < 1.29 is 9.72 Å². The lowest BCUT2D eigenvalue weighted by molar-refractivity contribution is -0.384. The van der Waals surface area contributed by atoms with Gasteiger partial charge in [0.25, 0.3) is 0 Å². The molecule has 0 aliphatic heterocycles. The fourth-order valence-corrected chi connectivity index (χ4v) is 3.20. The van der Waals surface area contributed by atoms with Crippen molar-refractivity contribution in [3.63, 3.8) is 0 Å². The Morgan fingerprint density at radius 3 is 2.47 bits per heavy atom. The van der Waals surface area contributed by atoms with E-state index in [4.69, 9.17) is 28.9 Å². The summed E-state index contributed by atoms with van der Waals surface area (Å²) in [7, 11) is 0. The molecular formula is C19H18Cl2N8O3. The zero-order chi connectivity index (χ0) is 23.3. The molecule has 1 amide bonds. The van der Waals surface area contributed by atoms with Crippen LogP contribution in [0.1, 0.15) is 6.92 Å². The van der Waals surface area contributed by atoms with Gasteiger partial charge in [-0.05, 0) is 24.3 Å². The molecule has 0 fully saturated rings. The van der Waals surface area contributed by atoms with Gasteiger partial charge in [0.1, 0.15) is 17.3 Å². The van der Waals surface area contributed by atoms with Crippen LogP contribution < -0.4 is 21.7 Å². The Labute approximate surface area is 192 Å². The van der Waals surface area contributed by atoms with Crippen LogP contribution in [0.4, 0.5) is 29.0 Å². The fraction of sp³-hybridized carbons (Fsp3) is 0.158. The number of halogens is 2. The fourth-order valence-electron chi connectivity index (χ4n) is 2.70. The number of aromatic nitrogens is 3. The second-order valence-corrected chi connectivity index (χ2v) is 7.31. The summed E-state index contributed by atoms with van der Waals surface area (Å²) in [5.41, 5.74) is 6.27. The molecule has 0 atom stereocenters. The quantitative estimate of drug-likeness (QED) is 0.215. The van der Waals surface area contributed by atoms with Crippen molar-refractivity contribution in [2.24, 2.45) is 0 Å². The monoisotopic (exact) mass is 476 g/mol. The SMILES string of the molecule is CC(=O)Nc1ncc(NCCNc2ccc([N+](=O)[O-])c(N)n2)nc1-c1ccc(Cl)cc1Cl. The van der Waals surface area contributed by atoms with Crippen molar-refractivity contribution in [2.75, 3.05) is 34.8 Å². The van der Waals surface area contributed by atoms with Gasteiger partial charge in [0.05, 0.1) is 16.1 Å². The van der Waals surface area contributed by atoms with Gasteiger partial charge in [0.15, 0.2) is 5.82 Å². The van der Waals surface area contributed by atoms with Crippen LogP contribution >= 0.6 is 23.2 Å². The van der Waals surface area contributed by atoms with Gasteiger partial charge in [-0.2, -0.15) is 0 Å². The molecule has 0 saturated heterocycles. The zero-order valence-electron chi connectivity index (χ0n) is 16.7. The molecule has 11 nitrogen and oxygen atoms in total. The number of nitrogens with zero attached hydrogens (tertiary/aromatic N) is 4. The van der Waals surface area contributed by atoms with E-state index in [1.54, 1.807) is 18.2 Å². The number of nitrogens with two attached hydrogens (primary N) is 1. The molecule has 0 aliphatic rings. The van der Waals surface area contributed by atoms with Crippen molar-refractivity contribution in [3.8, 4) is 11.3 Å². The van der Waals surface area contributed by atoms with Crippen LogP contribution in [0.15, 0.2) is 36.5 Å². The van der Waals surface area contributed by atoms with Gasteiger partial charge in [0, 0.05) is 36.7 Å². The number of benzene rings is 1. The molecule has 0 saturated carbocycles. The molecule has 0 bridgehead atoms. The highest BCUT2D eigenvalue weighted by molar-refractivity contribution is 6.36. The predicted octanol–water partition coefficient (Wildman–Crippen LogP) is 3.82. The van der Waals surface area contributed by atoms with E-state index in [0.29, 0.717) is 46.0 Å². The highest BCUT2D eigenvalue weighted by Crippen LogP contribution is 2.33. The first kappa shape index (κ1) is 23.0. The van der Waals surface area contributed by atoms with Gasteiger partial charge < -0.3 is 21.7 Å². The summed E-state index contributed by atoms with van der Waals surface area (Å²) in [5, 5.41) is 20.4. The Bertz CT molecular complexity index is 1180. The van der Waals surface area contributed by atoms with E-state index in [1.165, 1.54) is 25.3 Å². The lowest BCUT2D eigenvalue weighted by Gasteiger charge is -2.13. The smallest absolute Gasteiger partial charge is 0.311 e. The normalized spacial score (nSPS) is 10.5. The average Bonchev–Trinajstić information content (AvgIpc) is 2.72. The summed E-state index contributed by atoms with van der Waals surface area (Å²) in [6.45, 7) is 2.20. The van der Waals surface area contributed by atoms with Gasteiger partial charge in [-0.15, -0.1) is 0 Å². The van der Waals surface area contributed by atoms with E-state index in [-0.39, 0.29) is 23.2 Å². The Morgan fingerprint density at radius 1 is 1.12 bits per heavy atom. The standard InChI is InChI=1S/C19H18Cl2N8O3/c1-10(30)26-19-17(12-3-2-11(20)8-13(12)21)27-16(9-25-19)24-7-6-23-15-5-4-14(29(31)32)18(22)28-15/h2-5,8-9H,6-7H2,1H3,(H,24,27)(H3,22,23,28)(H,25,26,30). The number of hydrogen-bond donors (Lipinski definition) is 4. The Kier molecular flexibility index (Phi) is 7.23. The van der Waals surface area contributed by atoms with Gasteiger partial charge in [-0.25, -0.2) is 15.0 Å². The van der Waals surface area contributed by atoms with Crippen molar-refractivity contribution >= 4 is 58.1 Å². The molecule has 0 unspecified atom stereocenters. The summed E-state index contributed by atoms with van der Waals surface area (Å²) < 4.78 is 0. The molecule has 166 valence electrons. The summed E-state index contributed by atoms with van der Waals surface area (Å²) in [5.74, 6) is 0.631. The molecule has 1 aromatic carbocycles. The largest absolute Gasteiger partial charge is 0.378 e. The zero-order valence-corrected chi connectivity index (χ0v) is 18.2. The minimum Gasteiger partial charge on any atom is -0.378 e. The van der Waals surface area contributed by atoms with Gasteiger partial charge in [-0.3, -0.25) is 14.9 Å². The third-order valence-corrected chi connectivity index (χ3v) is 4.64.